The van der Waals surface area contributed by atoms with Crippen molar-refractivity contribution in [2.75, 3.05) is 0 Å². The van der Waals surface area contributed by atoms with Crippen molar-refractivity contribution < 1.29 is 4.79 Å². The maximum atomic E-state index is 12.3. The Hall–Kier alpha value is -2.24. The monoisotopic (exact) mass is 299 g/mol. The zero-order valence-corrected chi connectivity index (χ0v) is 12.8. The van der Waals surface area contributed by atoms with Gasteiger partial charge in [0.15, 0.2) is 5.82 Å². The van der Waals surface area contributed by atoms with Gasteiger partial charge < -0.3 is 5.32 Å². The normalized spacial score (nSPS) is 15.7. The van der Waals surface area contributed by atoms with Gasteiger partial charge in [-0.05, 0) is 41.8 Å². The number of benzene rings is 1. The van der Waals surface area contributed by atoms with E-state index in [1.54, 1.807) is 0 Å². The Labute approximate surface area is 129 Å². The second kappa shape index (κ2) is 6.68. The minimum Gasteiger partial charge on any atom is -0.345 e. The third-order valence-electron chi connectivity index (χ3n) is 4.28. The van der Waals surface area contributed by atoms with Crippen molar-refractivity contribution in [3.63, 3.8) is 0 Å². The molecule has 0 saturated heterocycles. The molecule has 1 fully saturated rings. The number of hydrogen-bond donors (Lipinski definition) is 1. The average Bonchev–Trinajstić information content (AvgIpc) is 3.02. The van der Waals surface area contributed by atoms with Crippen molar-refractivity contribution in [1.82, 2.24) is 25.5 Å². The minimum absolute atomic E-state index is 0.0868. The van der Waals surface area contributed by atoms with Gasteiger partial charge in [0.25, 0.3) is 5.91 Å². The van der Waals surface area contributed by atoms with E-state index in [1.807, 2.05) is 35.9 Å². The predicted molar refractivity (Wildman–Crippen MR) is 82.3 cm³/mol. The first kappa shape index (κ1) is 14.7. The molecule has 3 rings (SSSR count). The first-order valence-corrected chi connectivity index (χ1v) is 7.86. The molecule has 1 amide bonds. The zero-order chi connectivity index (χ0) is 15.4. The van der Waals surface area contributed by atoms with Crippen LogP contribution in [-0.4, -0.2) is 26.1 Å². The van der Waals surface area contributed by atoms with Gasteiger partial charge in [-0.2, -0.15) is 0 Å². The number of nitrogens with zero attached hydrogens (tertiary/aromatic N) is 4. The Kier molecular flexibility index (Phi) is 4.46. The number of nitrogens with one attached hydrogen (secondary N) is 1. The second-order valence-electron chi connectivity index (χ2n) is 5.83. The Morgan fingerprint density at radius 2 is 2.05 bits per heavy atom. The molecule has 0 radical (unpaired) electrons. The van der Waals surface area contributed by atoms with Gasteiger partial charge in [0.05, 0.1) is 12.6 Å². The zero-order valence-electron chi connectivity index (χ0n) is 12.8. The average molecular weight is 299 g/mol. The Balaban J connectivity index is 1.66. The molecule has 1 saturated carbocycles. The third-order valence-corrected chi connectivity index (χ3v) is 4.28. The number of amides is 1. The second-order valence-corrected chi connectivity index (χ2v) is 5.83. The summed E-state index contributed by atoms with van der Waals surface area (Å²) in [6, 6.07) is 7.92. The largest absolute Gasteiger partial charge is 0.345 e. The van der Waals surface area contributed by atoms with Gasteiger partial charge in [-0.15, -0.1) is 5.10 Å². The number of hydrogen-bond acceptors (Lipinski definition) is 4. The fraction of sp³-hybridized carbons (Fsp3) is 0.500. The SMILES string of the molecule is Cc1ccccc1C(=O)NCc1nnnn1C1CCCCC1. The number of aryl methyl sites for hydroxylation is 1. The van der Waals surface area contributed by atoms with Crippen LogP contribution in [0.5, 0.6) is 0 Å². The maximum Gasteiger partial charge on any atom is 0.251 e. The van der Waals surface area contributed by atoms with E-state index in [0.29, 0.717) is 18.2 Å². The van der Waals surface area contributed by atoms with Crippen molar-refractivity contribution in [3.8, 4) is 0 Å². The first-order valence-electron chi connectivity index (χ1n) is 7.86. The summed E-state index contributed by atoms with van der Waals surface area (Å²) in [5, 5.41) is 14.9. The third kappa shape index (κ3) is 3.16. The lowest BCUT2D eigenvalue weighted by Gasteiger charge is -2.22. The molecule has 1 N–H and O–H groups in total. The molecule has 1 aliphatic rings. The van der Waals surface area contributed by atoms with Crippen LogP contribution in [-0.2, 0) is 6.54 Å². The van der Waals surface area contributed by atoms with Crippen LogP contribution in [0.3, 0.4) is 0 Å². The van der Waals surface area contributed by atoms with E-state index in [9.17, 15) is 4.79 Å². The molecule has 22 heavy (non-hydrogen) atoms. The highest BCUT2D eigenvalue weighted by Gasteiger charge is 2.20. The van der Waals surface area contributed by atoms with Crippen LogP contribution in [0.15, 0.2) is 24.3 Å². The van der Waals surface area contributed by atoms with E-state index < -0.39 is 0 Å². The molecule has 0 spiro atoms. The van der Waals surface area contributed by atoms with Crippen LogP contribution < -0.4 is 5.32 Å². The van der Waals surface area contributed by atoms with Crippen molar-refractivity contribution >= 4 is 5.91 Å². The van der Waals surface area contributed by atoms with E-state index >= 15 is 0 Å². The van der Waals surface area contributed by atoms with Crippen molar-refractivity contribution in [3.05, 3.63) is 41.2 Å². The molecule has 2 aromatic rings. The molecule has 1 aromatic carbocycles. The topological polar surface area (TPSA) is 72.7 Å². The van der Waals surface area contributed by atoms with Gasteiger partial charge in [-0.1, -0.05) is 37.5 Å². The quantitative estimate of drug-likeness (QED) is 0.941. The molecule has 1 heterocycles. The van der Waals surface area contributed by atoms with E-state index in [0.717, 1.165) is 24.2 Å². The summed E-state index contributed by atoms with van der Waals surface area (Å²) in [7, 11) is 0. The number of rotatable bonds is 4. The molecule has 1 aromatic heterocycles. The molecule has 0 aliphatic heterocycles. The highest BCUT2D eigenvalue weighted by molar-refractivity contribution is 5.95. The summed E-state index contributed by atoms with van der Waals surface area (Å²) in [5.74, 6) is 0.644. The van der Waals surface area contributed by atoms with Gasteiger partial charge in [0, 0.05) is 5.56 Å². The van der Waals surface area contributed by atoms with Gasteiger partial charge in [0.2, 0.25) is 0 Å². The molecule has 0 atom stereocenters. The fourth-order valence-electron chi connectivity index (χ4n) is 3.02. The molecule has 0 unspecified atom stereocenters. The van der Waals surface area contributed by atoms with Gasteiger partial charge in [-0.25, -0.2) is 4.68 Å². The molecule has 1 aliphatic carbocycles. The molecule has 116 valence electrons. The Morgan fingerprint density at radius 3 is 2.82 bits per heavy atom. The molecular weight excluding hydrogens is 278 g/mol. The summed E-state index contributed by atoms with van der Waals surface area (Å²) >= 11 is 0. The van der Waals surface area contributed by atoms with Crippen LogP contribution in [0.25, 0.3) is 0 Å². The predicted octanol–water partition coefficient (Wildman–Crippen LogP) is 2.42. The van der Waals surface area contributed by atoms with Gasteiger partial charge in [0.1, 0.15) is 0 Å². The van der Waals surface area contributed by atoms with E-state index in [2.05, 4.69) is 20.8 Å². The lowest BCUT2D eigenvalue weighted by atomic mass is 9.95. The molecular formula is C16H21N5O. The lowest BCUT2D eigenvalue weighted by Crippen LogP contribution is -2.27. The smallest absolute Gasteiger partial charge is 0.251 e. The summed E-state index contributed by atoms with van der Waals surface area (Å²) in [4.78, 5) is 12.3. The van der Waals surface area contributed by atoms with Crippen LogP contribution in [0, 0.1) is 6.92 Å². The van der Waals surface area contributed by atoms with E-state index in [4.69, 9.17) is 0 Å². The van der Waals surface area contributed by atoms with Crippen LogP contribution >= 0.6 is 0 Å². The first-order chi connectivity index (χ1) is 10.8. The van der Waals surface area contributed by atoms with Crippen LogP contribution in [0.2, 0.25) is 0 Å². The van der Waals surface area contributed by atoms with Crippen LogP contribution in [0.4, 0.5) is 0 Å². The van der Waals surface area contributed by atoms with Crippen molar-refractivity contribution in [2.45, 2.75) is 51.6 Å². The summed E-state index contributed by atoms with van der Waals surface area (Å²) in [6.07, 6.45) is 5.96. The number of carbonyl (C=O) groups excluding carboxylic acids is 1. The Bertz CT molecular complexity index is 645. The molecule has 6 heteroatoms. The fourth-order valence-corrected chi connectivity index (χ4v) is 3.02. The van der Waals surface area contributed by atoms with E-state index in [-0.39, 0.29) is 5.91 Å². The van der Waals surface area contributed by atoms with Crippen LogP contribution in [0.1, 0.15) is 59.9 Å². The molecule has 0 bridgehead atoms. The lowest BCUT2D eigenvalue weighted by molar-refractivity contribution is 0.0948. The maximum absolute atomic E-state index is 12.3. The number of aromatic nitrogens is 4. The summed E-state index contributed by atoms with van der Waals surface area (Å²) in [5.41, 5.74) is 1.66. The van der Waals surface area contributed by atoms with Crippen molar-refractivity contribution in [1.29, 1.82) is 0 Å². The van der Waals surface area contributed by atoms with Crippen molar-refractivity contribution in [2.24, 2.45) is 0 Å². The number of tetrazole rings is 1. The standard InChI is InChI=1S/C16H21N5O/c1-12-7-5-6-10-14(12)16(22)17-11-15-18-19-20-21(15)13-8-3-2-4-9-13/h5-7,10,13H,2-4,8-9,11H2,1H3,(H,17,22). The Morgan fingerprint density at radius 1 is 1.27 bits per heavy atom. The number of carbonyl (C=O) groups is 1. The highest BCUT2D eigenvalue weighted by Crippen LogP contribution is 2.27. The highest BCUT2D eigenvalue weighted by atomic mass is 16.1. The summed E-state index contributed by atoms with van der Waals surface area (Å²) < 4.78 is 1.89. The van der Waals surface area contributed by atoms with E-state index in [1.165, 1.54) is 19.3 Å². The van der Waals surface area contributed by atoms with Gasteiger partial charge in [-0.3, -0.25) is 4.79 Å². The molecule has 6 nitrogen and oxygen atoms in total. The minimum atomic E-state index is -0.0868. The van der Waals surface area contributed by atoms with Gasteiger partial charge >= 0.3 is 0 Å². The summed E-state index contributed by atoms with van der Waals surface area (Å²) in [6.45, 7) is 2.29.